The molecule has 0 bridgehead atoms. The Hall–Kier alpha value is -3.88. The number of aromatic nitrogens is 5. The van der Waals surface area contributed by atoms with Gasteiger partial charge in [-0.05, 0) is 36.8 Å². The molecule has 0 N–H and O–H groups in total. The van der Waals surface area contributed by atoms with Crippen molar-refractivity contribution in [1.82, 2.24) is 23.1 Å². The summed E-state index contributed by atoms with van der Waals surface area (Å²) in [5.41, 5.74) is 1.25. The van der Waals surface area contributed by atoms with E-state index in [4.69, 9.17) is 4.42 Å². The minimum absolute atomic E-state index is 0.0427. The summed E-state index contributed by atoms with van der Waals surface area (Å²) in [4.78, 5) is 30.7. The Balaban J connectivity index is 1.72. The fourth-order valence-electron chi connectivity index (χ4n) is 3.72. The average molecular weight is 407 g/mol. The van der Waals surface area contributed by atoms with E-state index in [1.165, 1.54) is 16.7 Å². The molecule has 0 saturated carbocycles. The third-order valence-electron chi connectivity index (χ3n) is 5.29. The molecule has 0 aliphatic heterocycles. The smallest absolute Gasteiger partial charge is 0.332 e. The van der Waals surface area contributed by atoms with Gasteiger partial charge >= 0.3 is 5.69 Å². The first-order valence-electron chi connectivity index (χ1n) is 9.38. The standard InChI is InChI=1S/C21H18FN5O3/c1-13-10-26-17-18(23-20(26)25(13)12-16-4-3-9-30-16)24(2)21(29)27(19(17)28)11-14-5-7-15(22)8-6-14/h3-10H,11-12H2,1-2H3. The molecule has 5 aromatic rings. The Morgan fingerprint density at radius 2 is 1.83 bits per heavy atom. The van der Waals surface area contributed by atoms with Crippen LogP contribution >= 0.6 is 0 Å². The van der Waals surface area contributed by atoms with Gasteiger partial charge in [0.05, 0.1) is 19.4 Å². The van der Waals surface area contributed by atoms with E-state index in [2.05, 4.69) is 4.98 Å². The quantitative estimate of drug-likeness (QED) is 0.458. The van der Waals surface area contributed by atoms with Crippen molar-refractivity contribution < 1.29 is 8.81 Å². The third kappa shape index (κ3) is 2.70. The van der Waals surface area contributed by atoms with Crippen LogP contribution in [0.15, 0.2) is 62.9 Å². The zero-order valence-electron chi connectivity index (χ0n) is 16.4. The number of hydrogen-bond acceptors (Lipinski definition) is 4. The van der Waals surface area contributed by atoms with Gasteiger partial charge in [-0.2, -0.15) is 4.98 Å². The molecule has 8 nitrogen and oxygen atoms in total. The Bertz CT molecular complexity index is 1500. The monoisotopic (exact) mass is 407 g/mol. The topological polar surface area (TPSA) is 79.4 Å². The first kappa shape index (κ1) is 18.2. The van der Waals surface area contributed by atoms with Crippen molar-refractivity contribution in [3.05, 3.63) is 92.5 Å². The number of benzene rings is 1. The lowest BCUT2D eigenvalue weighted by Crippen LogP contribution is -2.39. The SMILES string of the molecule is Cc1cn2c3c(=O)n(Cc4ccc(F)cc4)c(=O)n(C)c3nc2n1Cc1ccco1. The van der Waals surface area contributed by atoms with Crippen molar-refractivity contribution in [3.63, 3.8) is 0 Å². The molecule has 0 radical (unpaired) electrons. The van der Waals surface area contributed by atoms with E-state index in [0.29, 0.717) is 29.0 Å². The number of fused-ring (bicyclic) bond motifs is 3. The molecule has 0 saturated heterocycles. The maximum atomic E-state index is 13.3. The van der Waals surface area contributed by atoms with Crippen molar-refractivity contribution in [2.75, 3.05) is 0 Å². The van der Waals surface area contributed by atoms with Crippen LogP contribution in [0.4, 0.5) is 4.39 Å². The minimum atomic E-state index is -0.480. The van der Waals surface area contributed by atoms with Crippen LogP contribution in [-0.4, -0.2) is 23.1 Å². The van der Waals surface area contributed by atoms with Crippen LogP contribution in [0.2, 0.25) is 0 Å². The van der Waals surface area contributed by atoms with Crippen LogP contribution in [0.25, 0.3) is 16.9 Å². The molecular weight excluding hydrogens is 389 g/mol. The van der Waals surface area contributed by atoms with Crippen molar-refractivity contribution in [2.45, 2.75) is 20.0 Å². The van der Waals surface area contributed by atoms with Crippen LogP contribution in [0, 0.1) is 12.7 Å². The summed E-state index contributed by atoms with van der Waals surface area (Å²) in [6, 6.07) is 9.40. The Morgan fingerprint density at radius 3 is 2.53 bits per heavy atom. The first-order chi connectivity index (χ1) is 14.4. The molecule has 0 aliphatic carbocycles. The van der Waals surface area contributed by atoms with Gasteiger partial charge in [0.15, 0.2) is 11.2 Å². The maximum Gasteiger partial charge on any atom is 0.332 e. The second kappa shape index (κ2) is 6.58. The summed E-state index contributed by atoms with van der Waals surface area (Å²) in [7, 11) is 1.58. The van der Waals surface area contributed by atoms with Gasteiger partial charge in [-0.25, -0.2) is 9.18 Å². The zero-order valence-corrected chi connectivity index (χ0v) is 16.4. The van der Waals surface area contributed by atoms with E-state index in [-0.39, 0.29) is 12.4 Å². The number of aryl methyl sites for hydroxylation is 2. The fourth-order valence-corrected chi connectivity index (χ4v) is 3.72. The van der Waals surface area contributed by atoms with Crippen LogP contribution in [-0.2, 0) is 20.1 Å². The van der Waals surface area contributed by atoms with E-state index in [1.807, 2.05) is 29.8 Å². The van der Waals surface area contributed by atoms with Crippen molar-refractivity contribution >= 4 is 16.9 Å². The van der Waals surface area contributed by atoms with E-state index >= 15 is 0 Å². The molecule has 0 atom stereocenters. The molecule has 0 spiro atoms. The van der Waals surface area contributed by atoms with Crippen molar-refractivity contribution in [1.29, 1.82) is 0 Å². The highest BCUT2D eigenvalue weighted by atomic mass is 19.1. The number of furan rings is 1. The predicted octanol–water partition coefficient (Wildman–Crippen LogP) is 2.29. The third-order valence-corrected chi connectivity index (χ3v) is 5.29. The number of halogens is 1. The van der Waals surface area contributed by atoms with Gasteiger partial charge in [0.25, 0.3) is 5.56 Å². The molecule has 0 unspecified atom stereocenters. The second-order valence-corrected chi connectivity index (χ2v) is 7.25. The van der Waals surface area contributed by atoms with Gasteiger partial charge in [0.2, 0.25) is 5.78 Å². The number of hydrogen-bond donors (Lipinski definition) is 0. The average Bonchev–Trinajstić information content (AvgIpc) is 3.43. The highest BCUT2D eigenvalue weighted by Crippen LogP contribution is 2.18. The van der Waals surface area contributed by atoms with Gasteiger partial charge in [0.1, 0.15) is 11.6 Å². The zero-order chi connectivity index (χ0) is 21.0. The van der Waals surface area contributed by atoms with Gasteiger partial charge in [0, 0.05) is 18.9 Å². The number of nitrogens with zero attached hydrogens (tertiary/aromatic N) is 5. The maximum absolute atomic E-state index is 13.3. The van der Waals surface area contributed by atoms with Crippen LogP contribution in [0.3, 0.4) is 0 Å². The minimum Gasteiger partial charge on any atom is -0.467 e. The summed E-state index contributed by atoms with van der Waals surface area (Å²) in [6.45, 7) is 2.42. The number of rotatable bonds is 4. The van der Waals surface area contributed by atoms with Crippen molar-refractivity contribution in [3.8, 4) is 0 Å². The molecular formula is C21H18FN5O3. The van der Waals surface area contributed by atoms with E-state index in [0.717, 1.165) is 16.0 Å². The number of imidazole rings is 2. The van der Waals surface area contributed by atoms with Gasteiger partial charge in [-0.1, -0.05) is 12.1 Å². The van der Waals surface area contributed by atoms with Gasteiger partial charge in [-0.3, -0.25) is 18.3 Å². The molecule has 0 amide bonds. The van der Waals surface area contributed by atoms with Gasteiger partial charge < -0.3 is 8.98 Å². The summed E-state index contributed by atoms with van der Waals surface area (Å²) in [5.74, 6) is 0.928. The summed E-state index contributed by atoms with van der Waals surface area (Å²) < 4.78 is 24.8. The lowest BCUT2D eigenvalue weighted by Gasteiger charge is -2.08. The highest BCUT2D eigenvalue weighted by Gasteiger charge is 2.20. The molecule has 9 heteroatoms. The second-order valence-electron chi connectivity index (χ2n) is 7.25. The van der Waals surface area contributed by atoms with Crippen LogP contribution in [0.1, 0.15) is 17.0 Å². The molecule has 4 aromatic heterocycles. The summed E-state index contributed by atoms with van der Waals surface area (Å²) >= 11 is 0. The highest BCUT2D eigenvalue weighted by molar-refractivity contribution is 5.75. The molecule has 152 valence electrons. The fraction of sp³-hybridized carbons (Fsp3) is 0.190. The van der Waals surface area contributed by atoms with Crippen molar-refractivity contribution in [2.24, 2.45) is 7.05 Å². The molecule has 0 fully saturated rings. The van der Waals surface area contributed by atoms with Crippen LogP contribution < -0.4 is 11.2 Å². The van der Waals surface area contributed by atoms with Gasteiger partial charge in [-0.15, -0.1) is 0 Å². The molecule has 4 heterocycles. The molecule has 5 rings (SSSR count). The molecule has 0 aliphatic rings. The lowest BCUT2D eigenvalue weighted by atomic mass is 10.2. The Morgan fingerprint density at radius 1 is 1.07 bits per heavy atom. The van der Waals surface area contributed by atoms with E-state index in [9.17, 15) is 14.0 Å². The lowest BCUT2D eigenvalue weighted by molar-refractivity contribution is 0.494. The summed E-state index contributed by atoms with van der Waals surface area (Å²) in [5, 5.41) is 0. The van der Waals surface area contributed by atoms with E-state index in [1.54, 1.807) is 29.8 Å². The molecule has 1 aromatic carbocycles. The normalized spacial score (nSPS) is 11.7. The van der Waals surface area contributed by atoms with E-state index < -0.39 is 11.2 Å². The Kier molecular flexibility index (Phi) is 3.99. The molecule has 30 heavy (non-hydrogen) atoms. The first-order valence-corrected chi connectivity index (χ1v) is 9.38. The Labute approximate surface area is 169 Å². The predicted molar refractivity (Wildman–Crippen MR) is 108 cm³/mol. The van der Waals surface area contributed by atoms with Crippen LogP contribution in [0.5, 0.6) is 0 Å². The largest absolute Gasteiger partial charge is 0.467 e. The summed E-state index contributed by atoms with van der Waals surface area (Å²) in [6.07, 6.45) is 3.42.